The summed E-state index contributed by atoms with van der Waals surface area (Å²) in [6.07, 6.45) is 5.96. The van der Waals surface area contributed by atoms with Gasteiger partial charge in [0.05, 0.1) is 11.0 Å². The quantitative estimate of drug-likeness (QED) is 0.616. The molecule has 0 aromatic heterocycles. The highest BCUT2D eigenvalue weighted by molar-refractivity contribution is 9.12. The number of amides is 1. The van der Waals surface area contributed by atoms with Crippen molar-refractivity contribution in [2.45, 2.75) is 6.42 Å². The van der Waals surface area contributed by atoms with Gasteiger partial charge in [-0.2, -0.15) is 0 Å². The number of hydrogen-bond donors (Lipinski definition) is 0. The molecule has 0 saturated carbocycles. The molecular formula is C8H7BrN2O. The largest absolute Gasteiger partial charge is 0.274 e. The molecule has 3 nitrogen and oxygen atoms in total. The Bertz CT molecular complexity index is 317. The van der Waals surface area contributed by atoms with Crippen LogP contribution in [-0.2, 0) is 4.79 Å². The molecule has 0 aromatic rings. The summed E-state index contributed by atoms with van der Waals surface area (Å²) in [5.74, 6) is 0.843. The smallest absolute Gasteiger partial charge is 0.234 e. The van der Waals surface area contributed by atoms with Crippen LogP contribution in [0.15, 0.2) is 27.8 Å². The van der Waals surface area contributed by atoms with E-state index in [1.165, 1.54) is 0 Å². The molecule has 2 heterocycles. The van der Waals surface area contributed by atoms with Crippen LogP contribution in [0.1, 0.15) is 6.42 Å². The number of rotatable bonds is 0. The van der Waals surface area contributed by atoms with Gasteiger partial charge in [-0.1, -0.05) is 0 Å². The number of carbonyl (C=O) groups is 1. The second-order valence-electron chi connectivity index (χ2n) is 2.58. The Morgan fingerprint density at radius 2 is 2.42 bits per heavy atom. The maximum absolute atomic E-state index is 11.3. The second-order valence-corrected chi connectivity index (χ2v) is 3.43. The van der Waals surface area contributed by atoms with Gasteiger partial charge in [0.25, 0.3) is 0 Å². The van der Waals surface area contributed by atoms with E-state index in [0.29, 0.717) is 13.0 Å². The maximum atomic E-state index is 11.3. The number of halogens is 1. The van der Waals surface area contributed by atoms with E-state index in [-0.39, 0.29) is 5.91 Å². The Labute approximate surface area is 78.6 Å². The van der Waals surface area contributed by atoms with Crippen LogP contribution in [0.2, 0.25) is 0 Å². The van der Waals surface area contributed by atoms with Gasteiger partial charge in [-0.3, -0.25) is 14.7 Å². The van der Waals surface area contributed by atoms with Crippen LogP contribution in [0.4, 0.5) is 0 Å². The molecule has 0 unspecified atom stereocenters. The highest BCUT2D eigenvalue weighted by Crippen LogP contribution is 2.20. The minimum atomic E-state index is 0.112. The topological polar surface area (TPSA) is 32.7 Å². The number of aliphatic imine (C=N–C) groups is 1. The van der Waals surface area contributed by atoms with Crippen molar-refractivity contribution in [3.63, 3.8) is 0 Å². The Morgan fingerprint density at radius 3 is 3.17 bits per heavy atom. The Hall–Kier alpha value is -0.900. The van der Waals surface area contributed by atoms with Gasteiger partial charge in [0.2, 0.25) is 5.91 Å². The zero-order valence-electron chi connectivity index (χ0n) is 6.33. The molecule has 0 saturated heterocycles. The van der Waals surface area contributed by atoms with Crippen LogP contribution in [-0.4, -0.2) is 23.2 Å². The first-order chi connectivity index (χ1) is 5.79. The molecule has 2 aliphatic heterocycles. The van der Waals surface area contributed by atoms with Crippen molar-refractivity contribution in [1.29, 1.82) is 0 Å². The van der Waals surface area contributed by atoms with Crippen LogP contribution in [0, 0.1) is 0 Å². The molecule has 0 bridgehead atoms. The summed E-state index contributed by atoms with van der Waals surface area (Å²) in [5, 5.41) is 0. The number of carbonyl (C=O) groups excluding carboxylic acids is 1. The molecule has 0 aromatic carbocycles. The van der Waals surface area contributed by atoms with E-state index < -0.39 is 0 Å². The lowest BCUT2D eigenvalue weighted by Gasteiger charge is -2.25. The molecule has 0 aliphatic carbocycles. The van der Waals surface area contributed by atoms with E-state index in [9.17, 15) is 4.79 Å². The first-order valence-corrected chi connectivity index (χ1v) is 4.49. The average molecular weight is 227 g/mol. The third-order valence-electron chi connectivity index (χ3n) is 1.78. The number of amidine groups is 1. The molecule has 1 amide bonds. The first-order valence-electron chi connectivity index (χ1n) is 3.70. The highest BCUT2D eigenvalue weighted by Gasteiger charge is 2.24. The zero-order chi connectivity index (χ0) is 8.55. The van der Waals surface area contributed by atoms with Gasteiger partial charge in [-0.05, 0) is 28.1 Å². The van der Waals surface area contributed by atoms with Crippen molar-refractivity contribution in [3.8, 4) is 0 Å². The summed E-state index contributed by atoms with van der Waals surface area (Å²) in [6, 6.07) is 0. The number of nitrogens with zero attached hydrogens (tertiary/aromatic N) is 2. The second kappa shape index (κ2) is 2.86. The summed E-state index contributed by atoms with van der Waals surface area (Å²) >= 11 is 3.34. The van der Waals surface area contributed by atoms with Gasteiger partial charge in [0.1, 0.15) is 5.84 Å². The predicted molar refractivity (Wildman–Crippen MR) is 49.9 cm³/mol. The Morgan fingerprint density at radius 1 is 1.58 bits per heavy atom. The summed E-state index contributed by atoms with van der Waals surface area (Å²) in [6.45, 7) is 0.599. The van der Waals surface area contributed by atoms with Crippen LogP contribution in [0.5, 0.6) is 0 Å². The Kier molecular flexibility index (Phi) is 1.84. The van der Waals surface area contributed by atoms with E-state index in [1.54, 1.807) is 11.1 Å². The highest BCUT2D eigenvalue weighted by atomic mass is 79.9. The van der Waals surface area contributed by atoms with Gasteiger partial charge in [0, 0.05) is 12.6 Å². The first kappa shape index (κ1) is 7.73. The van der Waals surface area contributed by atoms with Crippen LogP contribution in [0.25, 0.3) is 0 Å². The van der Waals surface area contributed by atoms with Gasteiger partial charge in [-0.25, -0.2) is 0 Å². The molecular weight excluding hydrogens is 220 g/mol. The lowest BCUT2D eigenvalue weighted by molar-refractivity contribution is -0.125. The lowest BCUT2D eigenvalue weighted by Crippen LogP contribution is -2.37. The Balaban J connectivity index is 2.41. The number of fused-ring (bicyclic) bond motifs is 1. The van der Waals surface area contributed by atoms with E-state index >= 15 is 0 Å². The van der Waals surface area contributed by atoms with Crippen molar-refractivity contribution >= 4 is 27.7 Å². The standard InChI is InChI=1S/C8H7BrN2O/c9-6-2-1-5-11-7(12)3-4-10-8(6)11/h1-2,5H,3-4H2. The molecule has 0 radical (unpaired) electrons. The fourth-order valence-electron chi connectivity index (χ4n) is 1.20. The van der Waals surface area contributed by atoms with Gasteiger partial charge in [-0.15, -0.1) is 0 Å². The SMILES string of the molecule is O=C1CCN=C2C(Br)=CC=CN12. The van der Waals surface area contributed by atoms with E-state index in [1.807, 2.05) is 12.2 Å². The van der Waals surface area contributed by atoms with Gasteiger partial charge >= 0.3 is 0 Å². The van der Waals surface area contributed by atoms with Gasteiger partial charge in [0.15, 0.2) is 0 Å². The average Bonchev–Trinajstić information content (AvgIpc) is 2.07. The zero-order valence-corrected chi connectivity index (χ0v) is 7.91. The van der Waals surface area contributed by atoms with Crippen LogP contribution < -0.4 is 0 Å². The molecule has 4 heteroatoms. The fourth-order valence-corrected chi connectivity index (χ4v) is 1.67. The predicted octanol–water partition coefficient (Wildman–Crippen LogP) is 1.42. The molecule has 0 spiro atoms. The van der Waals surface area contributed by atoms with E-state index in [0.717, 1.165) is 10.3 Å². The maximum Gasteiger partial charge on any atom is 0.234 e. The van der Waals surface area contributed by atoms with Crippen molar-refractivity contribution < 1.29 is 4.79 Å². The van der Waals surface area contributed by atoms with Crippen molar-refractivity contribution in [2.75, 3.05) is 6.54 Å². The number of allylic oxidation sites excluding steroid dienone is 2. The molecule has 12 heavy (non-hydrogen) atoms. The fraction of sp³-hybridized carbons (Fsp3) is 0.250. The van der Waals surface area contributed by atoms with Crippen LogP contribution in [0.3, 0.4) is 0 Å². The minimum absolute atomic E-state index is 0.112. The molecule has 0 atom stereocenters. The van der Waals surface area contributed by atoms with Crippen molar-refractivity contribution in [3.05, 3.63) is 22.8 Å². The summed E-state index contributed by atoms with van der Waals surface area (Å²) in [7, 11) is 0. The summed E-state index contributed by atoms with van der Waals surface area (Å²) in [5.41, 5.74) is 0. The summed E-state index contributed by atoms with van der Waals surface area (Å²) in [4.78, 5) is 17.1. The van der Waals surface area contributed by atoms with Crippen LogP contribution >= 0.6 is 15.9 Å². The molecule has 62 valence electrons. The molecule has 0 N–H and O–H groups in total. The monoisotopic (exact) mass is 226 g/mol. The lowest BCUT2D eigenvalue weighted by atomic mass is 10.2. The molecule has 0 fully saturated rings. The normalized spacial score (nSPS) is 21.8. The molecule has 2 rings (SSSR count). The third kappa shape index (κ3) is 1.12. The van der Waals surface area contributed by atoms with E-state index in [2.05, 4.69) is 20.9 Å². The van der Waals surface area contributed by atoms with Crippen molar-refractivity contribution in [2.24, 2.45) is 4.99 Å². The van der Waals surface area contributed by atoms with Crippen molar-refractivity contribution in [1.82, 2.24) is 4.90 Å². The van der Waals surface area contributed by atoms with Gasteiger partial charge < -0.3 is 0 Å². The summed E-state index contributed by atoms with van der Waals surface area (Å²) < 4.78 is 0.873. The number of hydrogen-bond acceptors (Lipinski definition) is 2. The minimum Gasteiger partial charge on any atom is -0.274 e. The third-order valence-corrected chi connectivity index (χ3v) is 2.39. The molecule has 2 aliphatic rings. The van der Waals surface area contributed by atoms with E-state index in [4.69, 9.17) is 0 Å².